The number of hydrogen-bond acceptors (Lipinski definition) is 1. The van der Waals surface area contributed by atoms with Gasteiger partial charge in [0.2, 0.25) is 5.91 Å². The van der Waals surface area contributed by atoms with Gasteiger partial charge in [0.05, 0.1) is 0 Å². The van der Waals surface area contributed by atoms with Crippen LogP contribution >= 0.6 is 0 Å². The van der Waals surface area contributed by atoms with Crippen LogP contribution in [0.2, 0.25) is 0 Å². The third-order valence-electron chi connectivity index (χ3n) is 1.95. The molecule has 0 N–H and O–H groups in total. The predicted octanol–water partition coefficient (Wildman–Crippen LogP) is 1.18. The van der Waals surface area contributed by atoms with E-state index in [1.54, 1.807) is 6.92 Å². The van der Waals surface area contributed by atoms with E-state index in [2.05, 4.69) is 13.5 Å². The van der Waals surface area contributed by atoms with Crippen molar-refractivity contribution < 1.29 is 4.79 Å². The van der Waals surface area contributed by atoms with Crippen molar-refractivity contribution in [2.75, 3.05) is 6.54 Å². The molecule has 2 nitrogen and oxygen atoms in total. The van der Waals surface area contributed by atoms with Crippen LogP contribution in [0.25, 0.3) is 0 Å². The molecule has 1 aliphatic rings. The summed E-state index contributed by atoms with van der Waals surface area (Å²) in [6.45, 7) is 8.33. The van der Waals surface area contributed by atoms with E-state index in [0.717, 1.165) is 13.0 Å². The molecule has 1 rings (SSSR count). The summed E-state index contributed by atoms with van der Waals surface area (Å²) in [6.07, 6.45) is 1.14. The predicted molar refractivity (Wildman–Crippen MR) is 40.6 cm³/mol. The highest BCUT2D eigenvalue weighted by molar-refractivity contribution is 5.92. The second-order valence-electron chi connectivity index (χ2n) is 2.92. The molecule has 1 fully saturated rings. The minimum atomic E-state index is 0.110. The molecule has 0 aromatic heterocycles. The molecule has 0 spiro atoms. The summed E-state index contributed by atoms with van der Waals surface area (Å²) in [7, 11) is 0. The Morgan fingerprint density at radius 1 is 1.70 bits per heavy atom. The molecular formula is C8H13NO. The highest BCUT2D eigenvalue weighted by atomic mass is 16.2. The first-order valence-electron chi connectivity index (χ1n) is 3.59. The molecule has 56 valence electrons. The summed E-state index contributed by atoms with van der Waals surface area (Å²) in [4.78, 5) is 13.0. The fraction of sp³-hybridized carbons (Fsp3) is 0.625. The summed E-state index contributed by atoms with van der Waals surface area (Å²) in [6, 6.07) is 0.434. The zero-order valence-corrected chi connectivity index (χ0v) is 6.55. The molecule has 0 aromatic rings. The summed E-state index contributed by atoms with van der Waals surface area (Å²) < 4.78 is 0. The molecule has 0 aromatic carbocycles. The summed E-state index contributed by atoms with van der Waals surface area (Å²) in [5.41, 5.74) is 0.645. The van der Waals surface area contributed by atoms with Gasteiger partial charge in [-0.15, -0.1) is 0 Å². The average molecular weight is 139 g/mol. The van der Waals surface area contributed by atoms with Gasteiger partial charge < -0.3 is 4.90 Å². The molecule has 1 amide bonds. The Balaban J connectivity index is 2.50. The van der Waals surface area contributed by atoms with Crippen molar-refractivity contribution in [3.05, 3.63) is 12.2 Å². The van der Waals surface area contributed by atoms with E-state index in [1.807, 2.05) is 4.90 Å². The van der Waals surface area contributed by atoms with Gasteiger partial charge in [0.15, 0.2) is 0 Å². The molecule has 0 aliphatic carbocycles. The van der Waals surface area contributed by atoms with Crippen LogP contribution in [0.5, 0.6) is 0 Å². The maximum absolute atomic E-state index is 11.2. The topological polar surface area (TPSA) is 20.3 Å². The van der Waals surface area contributed by atoms with Gasteiger partial charge in [-0.25, -0.2) is 0 Å². The molecule has 1 unspecified atom stereocenters. The number of amides is 1. The summed E-state index contributed by atoms with van der Waals surface area (Å²) in [5.74, 6) is 0.110. The quantitative estimate of drug-likeness (QED) is 0.499. The van der Waals surface area contributed by atoms with Crippen LogP contribution in [0.4, 0.5) is 0 Å². The van der Waals surface area contributed by atoms with Crippen LogP contribution in [0.3, 0.4) is 0 Å². The fourth-order valence-corrected chi connectivity index (χ4v) is 1.06. The van der Waals surface area contributed by atoms with Crippen molar-refractivity contribution >= 4 is 5.91 Å². The maximum atomic E-state index is 11.2. The lowest BCUT2D eigenvalue weighted by Crippen LogP contribution is -2.49. The Morgan fingerprint density at radius 2 is 2.30 bits per heavy atom. The molecule has 1 atom stereocenters. The Labute approximate surface area is 61.5 Å². The van der Waals surface area contributed by atoms with E-state index in [-0.39, 0.29) is 5.91 Å². The number of hydrogen-bond donors (Lipinski definition) is 0. The molecular weight excluding hydrogens is 126 g/mol. The zero-order chi connectivity index (χ0) is 7.72. The SMILES string of the molecule is C=C(C)C(=O)N1CCC1C. The Hall–Kier alpha value is -0.790. The van der Waals surface area contributed by atoms with Crippen LogP contribution in [0, 0.1) is 0 Å². The minimum Gasteiger partial charge on any atom is -0.336 e. The van der Waals surface area contributed by atoms with Gasteiger partial charge in [-0.2, -0.15) is 0 Å². The Bertz CT molecular complexity index is 174. The molecule has 1 saturated heterocycles. The zero-order valence-electron chi connectivity index (χ0n) is 6.55. The van der Waals surface area contributed by atoms with E-state index in [0.29, 0.717) is 11.6 Å². The van der Waals surface area contributed by atoms with Crippen molar-refractivity contribution in [1.29, 1.82) is 0 Å². The van der Waals surface area contributed by atoms with Gasteiger partial charge in [-0.05, 0) is 20.3 Å². The third kappa shape index (κ3) is 1.06. The van der Waals surface area contributed by atoms with Gasteiger partial charge in [-0.3, -0.25) is 4.79 Å². The van der Waals surface area contributed by atoms with Crippen LogP contribution in [0.15, 0.2) is 12.2 Å². The molecule has 10 heavy (non-hydrogen) atoms. The molecule has 0 bridgehead atoms. The Morgan fingerprint density at radius 3 is 2.40 bits per heavy atom. The number of nitrogens with zero attached hydrogens (tertiary/aromatic N) is 1. The van der Waals surface area contributed by atoms with E-state index in [4.69, 9.17) is 0 Å². The molecule has 0 radical (unpaired) electrons. The smallest absolute Gasteiger partial charge is 0.249 e. The second kappa shape index (κ2) is 2.45. The summed E-state index contributed by atoms with van der Waals surface area (Å²) >= 11 is 0. The molecule has 1 heterocycles. The number of rotatable bonds is 1. The van der Waals surface area contributed by atoms with Gasteiger partial charge in [0, 0.05) is 18.2 Å². The molecule has 0 saturated carbocycles. The van der Waals surface area contributed by atoms with Crippen molar-refractivity contribution in [3.8, 4) is 0 Å². The second-order valence-corrected chi connectivity index (χ2v) is 2.92. The van der Waals surface area contributed by atoms with E-state index in [1.165, 1.54) is 0 Å². The van der Waals surface area contributed by atoms with E-state index >= 15 is 0 Å². The van der Waals surface area contributed by atoms with E-state index < -0.39 is 0 Å². The standard InChI is InChI=1S/C8H13NO/c1-6(2)8(10)9-5-4-7(9)3/h7H,1,4-5H2,2-3H3. The van der Waals surface area contributed by atoms with Crippen LogP contribution in [-0.2, 0) is 4.79 Å². The lowest BCUT2D eigenvalue weighted by atomic mass is 10.0. The van der Waals surface area contributed by atoms with Gasteiger partial charge in [0.25, 0.3) is 0 Å². The maximum Gasteiger partial charge on any atom is 0.249 e. The highest BCUT2D eigenvalue weighted by Gasteiger charge is 2.27. The van der Waals surface area contributed by atoms with Crippen LogP contribution in [-0.4, -0.2) is 23.4 Å². The average Bonchev–Trinajstić information content (AvgIpc) is 1.84. The van der Waals surface area contributed by atoms with Crippen molar-refractivity contribution in [2.24, 2.45) is 0 Å². The van der Waals surface area contributed by atoms with Crippen molar-refractivity contribution in [3.63, 3.8) is 0 Å². The van der Waals surface area contributed by atoms with Gasteiger partial charge >= 0.3 is 0 Å². The Kier molecular flexibility index (Phi) is 1.79. The monoisotopic (exact) mass is 139 g/mol. The lowest BCUT2D eigenvalue weighted by molar-refractivity contribution is -0.133. The summed E-state index contributed by atoms with van der Waals surface area (Å²) in [5, 5.41) is 0. The normalized spacial score (nSPS) is 23.8. The van der Waals surface area contributed by atoms with E-state index in [9.17, 15) is 4.79 Å². The first-order valence-corrected chi connectivity index (χ1v) is 3.59. The van der Waals surface area contributed by atoms with Gasteiger partial charge in [0.1, 0.15) is 0 Å². The van der Waals surface area contributed by atoms with Gasteiger partial charge in [-0.1, -0.05) is 6.58 Å². The number of carbonyl (C=O) groups excluding carboxylic acids is 1. The van der Waals surface area contributed by atoms with Crippen molar-refractivity contribution in [2.45, 2.75) is 26.3 Å². The molecule has 2 heteroatoms. The minimum absolute atomic E-state index is 0.110. The molecule has 1 aliphatic heterocycles. The number of likely N-dealkylation sites (tertiary alicyclic amines) is 1. The van der Waals surface area contributed by atoms with Crippen LogP contribution < -0.4 is 0 Å². The highest BCUT2D eigenvalue weighted by Crippen LogP contribution is 2.17. The first-order chi connectivity index (χ1) is 4.63. The third-order valence-corrected chi connectivity index (χ3v) is 1.95. The van der Waals surface area contributed by atoms with Crippen LogP contribution in [0.1, 0.15) is 20.3 Å². The first kappa shape index (κ1) is 7.32. The van der Waals surface area contributed by atoms with Crippen molar-refractivity contribution in [1.82, 2.24) is 4.90 Å². The lowest BCUT2D eigenvalue weighted by Gasteiger charge is -2.38. The number of carbonyl (C=O) groups is 1. The fourth-order valence-electron chi connectivity index (χ4n) is 1.06. The largest absolute Gasteiger partial charge is 0.336 e.